The average Bonchev–Trinajstić information content (AvgIpc) is 3.04. The highest BCUT2D eigenvalue weighted by Crippen LogP contribution is 2.56. The van der Waals surface area contributed by atoms with E-state index in [1.807, 2.05) is 18.2 Å². The van der Waals surface area contributed by atoms with E-state index in [-0.39, 0.29) is 29.1 Å². The third-order valence-corrected chi connectivity index (χ3v) is 7.09. The van der Waals surface area contributed by atoms with Crippen LogP contribution in [-0.2, 0) is 14.3 Å². The van der Waals surface area contributed by atoms with Gasteiger partial charge in [-0.2, -0.15) is 0 Å². The van der Waals surface area contributed by atoms with Gasteiger partial charge in [-0.1, -0.05) is 37.3 Å². The summed E-state index contributed by atoms with van der Waals surface area (Å²) in [6, 6.07) is 9.13. The zero-order valence-corrected chi connectivity index (χ0v) is 17.1. The largest absolute Gasteiger partial charge is 0.458 e. The second kappa shape index (κ2) is 7.74. The number of allylic oxidation sites excluding steroid dienone is 3. The summed E-state index contributed by atoms with van der Waals surface area (Å²) >= 11 is 0. The second-order valence-electron chi connectivity index (χ2n) is 8.85. The van der Waals surface area contributed by atoms with Gasteiger partial charge in [0.05, 0.1) is 5.56 Å². The van der Waals surface area contributed by atoms with Crippen LogP contribution in [0.3, 0.4) is 0 Å². The van der Waals surface area contributed by atoms with Crippen LogP contribution in [-0.4, -0.2) is 23.6 Å². The molecule has 1 fully saturated rings. The molecule has 4 atom stereocenters. The minimum atomic E-state index is -0.270. The Labute approximate surface area is 172 Å². The summed E-state index contributed by atoms with van der Waals surface area (Å²) in [5.74, 6) is 0.706. The molecule has 1 aromatic carbocycles. The van der Waals surface area contributed by atoms with Crippen molar-refractivity contribution in [3.63, 3.8) is 0 Å². The van der Waals surface area contributed by atoms with E-state index in [2.05, 4.69) is 19.1 Å². The van der Waals surface area contributed by atoms with Crippen molar-refractivity contribution in [1.82, 2.24) is 0 Å². The lowest BCUT2D eigenvalue weighted by Crippen LogP contribution is -2.41. The number of esters is 1. The number of carbonyl (C=O) groups excluding carboxylic acids is 3. The number of ether oxygens (including phenoxy) is 1. The Balaban J connectivity index is 1.59. The van der Waals surface area contributed by atoms with Crippen LogP contribution in [0.1, 0.15) is 62.7 Å². The zero-order valence-electron chi connectivity index (χ0n) is 17.1. The molecule has 3 aliphatic rings. The van der Waals surface area contributed by atoms with E-state index in [0.29, 0.717) is 36.7 Å². The molecule has 0 bridgehead atoms. The lowest BCUT2D eigenvalue weighted by Gasteiger charge is -2.44. The van der Waals surface area contributed by atoms with Gasteiger partial charge < -0.3 is 9.53 Å². The number of hydrogen-bond donors (Lipinski definition) is 0. The molecule has 0 radical (unpaired) electrons. The van der Waals surface area contributed by atoms with Crippen molar-refractivity contribution in [3.05, 3.63) is 59.2 Å². The lowest BCUT2D eigenvalue weighted by atomic mass is 9.61. The topological polar surface area (TPSA) is 60.4 Å². The number of ketones is 2. The predicted molar refractivity (Wildman–Crippen MR) is 110 cm³/mol. The summed E-state index contributed by atoms with van der Waals surface area (Å²) in [5, 5.41) is 0. The van der Waals surface area contributed by atoms with Gasteiger partial charge in [0, 0.05) is 18.3 Å². The van der Waals surface area contributed by atoms with Crippen molar-refractivity contribution in [2.45, 2.75) is 58.5 Å². The van der Waals surface area contributed by atoms with Crippen molar-refractivity contribution in [2.75, 3.05) is 0 Å². The molecule has 0 amide bonds. The molecule has 1 saturated carbocycles. The molecule has 1 aromatic rings. The van der Waals surface area contributed by atoms with Gasteiger partial charge in [-0.25, -0.2) is 4.79 Å². The molecule has 0 N–H and O–H groups in total. The molecule has 0 aromatic heterocycles. The second-order valence-corrected chi connectivity index (χ2v) is 8.85. The van der Waals surface area contributed by atoms with Crippen LogP contribution in [0.15, 0.2) is 53.6 Å². The molecule has 0 saturated heterocycles. The van der Waals surface area contributed by atoms with Crippen LogP contribution in [0.2, 0.25) is 0 Å². The van der Waals surface area contributed by atoms with Crippen molar-refractivity contribution >= 4 is 17.5 Å². The average molecular weight is 392 g/mol. The third-order valence-electron chi connectivity index (χ3n) is 7.09. The summed E-state index contributed by atoms with van der Waals surface area (Å²) in [6.45, 7) is 3.76. The van der Waals surface area contributed by atoms with Gasteiger partial charge in [0.1, 0.15) is 11.9 Å². The fourth-order valence-electron chi connectivity index (χ4n) is 5.49. The first-order chi connectivity index (χ1) is 13.9. The van der Waals surface area contributed by atoms with Crippen LogP contribution < -0.4 is 0 Å². The number of fused-ring (bicyclic) bond motifs is 3. The molecular formula is C25H28O4. The molecule has 0 aliphatic heterocycles. The van der Waals surface area contributed by atoms with E-state index in [9.17, 15) is 14.4 Å². The molecule has 0 heterocycles. The smallest absolute Gasteiger partial charge is 0.338 e. The van der Waals surface area contributed by atoms with Crippen LogP contribution in [0.4, 0.5) is 0 Å². The van der Waals surface area contributed by atoms with E-state index in [1.54, 1.807) is 19.1 Å². The van der Waals surface area contributed by atoms with Crippen molar-refractivity contribution < 1.29 is 19.1 Å². The fourth-order valence-corrected chi connectivity index (χ4v) is 5.49. The van der Waals surface area contributed by atoms with Crippen LogP contribution in [0.25, 0.3) is 0 Å². The first-order valence-electron chi connectivity index (χ1n) is 10.6. The maximum absolute atomic E-state index is 12.6. The molecule has 0 unspecified atom stereocenters. The van der Waals surface area contributed by atoms with Crippen LogP contribution >= 0.6 is 0 Å². The van der Waals surface area contributed by atoms with E-state index in [4.69, 9.17) is 4.74 Å². The number of benzene rings is 1. The summed E-state index contributed by atoms with van der Waals surface area (Å²) in [4.78, 5) is 36.6. The van der Waals surface area contributed by atoms with E-state index in [0.717, 1.165) is 30.4 Å². The molecule has 0 spiro atoms. The van der Waals surface area contributed by atoms with Gasteiger partial charge in [0.15, 0.2) is 5.78 Å². The van der Waals surface area contributed by atoms with Gasteiger partial charge in [-0.15, -0.1) is 0 Å². The Kier molecular flexibility index (Phi) is 5.28. The standard InChI is InChI=1S/C25H28O4/c1-16(26)8-9-20-18-14-15-25(2)21(19(18)10-12-22(20)27)11-13-23(25)29-24(28)17-6-4-3-5-7-17/h3-7,14-15,19,21,23H,8-13H2,1-2H3/t19-,21+,23+,25+/m1/s1. The number of Topliss-reactive ketones (excluding diaryl/α,β-unsaturated/α-hetero) is 2. The molecule has 4 rings (SSSR count). The first-order valence-corrected chi connectivity index (χ1v) is 10.6. The Morgan fingerprint density at radius 2 is 1.90 bits per heavy atom. The Morgan fingerprint density at radius 1 is 1.14 bits per heavy atom. The van der Waals surface area contributed by atoms with Gasteiger partial charge in [-0.3, -0.25) is 4.79 Å². The van der Waals surface area contributed by atoms with Gasteiger partial charge in [-0.05, 0) is 67.7 Å². The minimum absolute atomic E-state index is 0.117. The van der Waals surface area contributed by atoms with Gasteiger partial charge >= 0.3 is 5.97 Å². The lowest BCUT2D eigenvalue weighted by molar-refractivity contribution is -0.117. The summed E-state index contributed by atoms with van der Waals surface area (Å²) in [7, 11) is 0. The maximum atomic E-state index is 12.6. The Morgan fingerprint density at radius 3 is 2.62 bits per heavy atom. The summed E-state index contributed by atoms with van der Waals surface area (Å²) < 4.78 is 5.96. The SMILES string of the molecule is CC(=O)CCC1=C2C=C[C@]3(C)[C@@H](OC(=O)c4ccccc4)CC[C@H]3[C@@H]2CCC1=O. The molecular weight excluding hydrogens is 364 g/mol. The number of carbonyl (C=O) groups is 3. The zero-order chi connectivity index (χ0) is 20.6. The van der Waals surface area contributed by atoms with E-state index >= 15 is 0 Å². The highest BCUT2D eigenvalue weighted by molar-refractivity contribution is 5.98. The first kappa shape index (κ1) is 19.8. The van der Waals surface area contributed by atoms with Crippen LogP contribution in [0.5, 0.6) is 0 Å². The number of hydrogen-bond acceptors (Lipinski definition) is 4. The number of rotatable bonds is 5. The highest BCUT2D eigenvalue weighted by atomic mass is 16.5. The third kappa shape index (κ3) is 3.61. The molecule has 152 valence electrons. The molecule has 4 heteroatoms. The molecule has 4 nitrogen and oxygen atoms in total. The van der Waals surface area contributed by atoms with Crippen molar-refractivity contribution in [2.24, 2.45) is 17.3 Å². The highest BCUT2D eigenvalue weighted by Gasteiger charge is 2.53. The Hall–Kier alpha value is -2.49. The quantitative estimate of drug-likeness (QED) is 0.673. The fraction of sp³-hybridized carbons (Fsp3) is 0.480. The minimum Gasteiger partial charge on any atom is -0.458 e. The summed E-state index contributed by atoms with van der Waals surface area (Å²) in [5.41, 5.74) is 2.33. The summed E-state index contributed by atoms with van der Waals surface area (Å²) in [6.07, 6.45) is 8.27. The maximum Gasteiger partial charge on any atom is 0.338 e. The predicted octanol–water partition coefficient (Wildman–Crippen LogP) is 4.84. The van der Waals surface area contributed by atoms with E-state index < -0.39 is 0 Å². The molecule has 29 heavy (non-hydrogen) atoms. The van der Waals surface area contributed by atoms with Gasteiger partial charge in [0.2, 0.25) is 0 Å². The van der Waals surface area contributed by atoms with Gasteiger partial charge in [0.25, 0.3) is 0 Å². The monoisotopic (exact) mass is 392 g/mol. The van der Waals surface area contributed by atoms with Crippen molar-refractivity contribution in [3.8, 4) is 0 Å². The van der Waals surface area contributed by atoms with Crippen molar-refractivity contribution in [1.29, 1.82) is 0 Å². The molecule has 3 aliphatic carbocycles. The Bertz CT molecular complexity index is 895. The van der Waals surface area contributed by atoms with Crippen LogP contribution in [0, 0.1) is 17.3 Å². The normalized spacial score (nSPS) is 30.7. The van der Waals surface area contributed by atoms with E-state index in [1.165, 1.54) is 0 Å².